The minimum Gasteiger partial charge on any atom is -0.493 e. The molecule has 5 heteroatoms. The minimum absolute atomic E-state index is 0.207. The lowest BCUT2D eigenvalue weighted by Crippen LogP contribution is -2.14. The highest BCUT2D eigenvalue weighted by atomic mass is 79.9. The summed E-state index contributed by atoms with van der Waals surface area (Å²) in [7, 11) is 3.30. The Kier molecular flexibility index (Phi) is 6.87. The van der Waals surface area contributed by atoms with Crippen molar-refractivity contribution in [1.82, 2.24) is 5.32 Å². The second-order valence-electron chi connectivity index (χ2n) is 4.22. The number of nitrogens with one attached hydrogen (secondary N) is 1. The van der Waals surface area contributed by atoms with E-state index in [1.54, 1.807) is 0 Å². The van der Waals surface area contributed by atoms with Crippen molar-refractivity contribution >= 4 is 21.9 Å². The van der Waals surface area contributed by atoms with Gasteiger partial charge in [0.2, 0.25) is 0 Å². The summed E-state index contributed by atoms with van der Waals surface area (Å²) in [5, 5.41) is 3.19. The number of methoxy groups -OCH3 is 1. The molecule has 0 bridgehead atoms. The first-order valence-corrected chi connectivity index (χ1v) is 7.04. The molecule has 1 rings (SSSR count). The van der Waals surface area contributed by atoms with Gasteiger partial charge in [0.05, 0.1) is 13.7 Å². The standard InChI is InChI=1S/C14H20BrNO3/c1-10(16-2)12-7-6-11(15)9-13(12)19-8-4-5-14(17)18-3/h6-7,9-10,16H,4-5,8H2,1-3H3. The first-order valence-electron chi connectivity index (χ1n) is 6.24. The quantitative estimate of drug-likeness (QED) is 0.617. The van der Waals surface area contributed by atoms with Crippen molar-refractivity contribution in [2.45, 2.75) is 25.8 Å². The lowest BCUT2D eigenvalue weighted by molar-refractivity contribution is -0.140. The van der Waals surface area contributed by atoms with Crippen LogP contribution in [0.3, 0.4) is 0 Å². The van der Waals surface area contributed by atoms with Gasteiger partial charge in [0.1, 0.15) is 5.75 Å². The number of esters is 1. The first-order chi connectivity index (χ1) is 9.08. The molecule has 0 heterocycles. The summed E-state index contributed by atoms with van der Waals surface area (Å²) in [5.41, 5.74) is 1.10. The van der Waals surface area contributed by atoms with Gasteiger partial charge in [-0.3, -0.25) is 4.79 Å². The molecule has 0 amide bonds. The van der Waals surface area contributed by atoms with Crippen molar-refractivity contribution < 1.29 is 14.3 Å². The molecule has 0 radical (unpaired) electrons. The van der Waals surface area contributed by atoms with E-state index in [1.165, 1.54) is 7.11 Å². The minimum atomic E-state index is -0.207. The Labute approximate surface area is 122 Å². The van der Waals surface area contributed by atoms with Gasteiger partial charge in [0.25, 0.3) is 0 Å². The van der Waals surface area contributed by atoms with Crippen molar-refractivity contribution in [1.29, 1.82) is 0 Å². The van der Waals surface area contributed by atoms with Crippen LogP contribution in [0.4, 0.5) is 0 Å². The Morgan fingerprint density at radius 2 is 2.21 bits per heavy atom. The van der Waals surface area contributed by atoms with Gasteiger partial charge in [-0.15, -0.1) is 0 Å². The molecule has 0 aliphatic rings. The largest absolute Gasteiger partial charge is 0.493 e. The van der Waals surface area contributed by atoms with Crippen LogP contribution in [0.2, 0.25) is 0 Å². The predicted octanol–water partition coefficient (Wildman–Crippen LogP) is 3.06. The van der Waals surface area contributed by atoms with Crippen LogP contribution in [0.1, 0.15) is 31.4 Å². The summed E-state index contributed by atoms with van der Waals surface area (Å²) in [6.07, 6.45) is 1.02. The Bertz CT molecular complexity index is 423. The Hall–Kier alpha value is -1.07. The molecule has 1 aromatic rings. The third-order valence-corrected chi connectivity index (χ3v) is 3.38. The van der Waals surface area contributed by atoms with Gasteiger partial charge in [-0.25, -0.2) is 0 Å². The number of hydrogen-bond acceptors (Lipinski definition) is 4. The van der Waals surface area contributed by atoms with Gasteiger partial charge in [0.15, 0.2) is 0 Å². The Balaban J connectivity index is 2.60. The molecule has 106 valence electrons. The van der Waals surface area contributed by atoms with Crippen LogP contribution < -0.4 is 10.1 Å². The number of benzene rings is 1. The van der Waals surface area contributed by atoms with E-state index < -0.39 is 0 Å². The van der Waals surface area contributed by atoms with Crippen LogP contribution in [0, 0.1) is 0 Å². The van der Waals surface area contributed by atoms with Crippen LogP contribution in [-0.4, -0.2) is 26.7 Å². The SMILES string of the molecule is CNC(C)c1ccc(Br)cc1OCCCC(=O)OC. The van der Waals surface area contributed by atoms with Gasteiger partial charge in [-0.2, -0.15) is 0 Å². The van der Waals surface area contributed by atoms with Crippen LogP contribution in [0.5, 0.6) is 5.75 Å². The molecule has 0 aliphatic heterocycles. The molecule has 0 spiro atoms. The molecule has 1 N–H and O–H groups in total. The van der Waals surface area contributed by atoms with Crippen LogP contribution in [-0.2, 0) is 9.53 Å². The number of ether oxygens (including phenoxy) is 2. The molecule has 0 aromatic heterocycles. The van der Waals surface area contributed by atoms with Crippen molar-refractivity contribution in [2.75, 3.05) is 20.8 Å². The topological polar surface area (TPSA) is 47.6 Å². The second-order valence-corrected chi connectivity index (χ2v) is 5.14. The van der Waals surface area contributed by atoms with Crippen molar-refractivity contribution in [3.63, 3.8) is 0 Å². The maximum Gasteiger partial charge on any atom is 0.305 e. The first kappa shape index (κ1) is 16.0. The highest BCUT2D eigenvalue weighted by Gasteiger charge is 2.10. The summed E-state index contributed by atoms with van der Waals surface area (Å²) < 4.78 is 11.3. The molecule has 0 saturated carbocycles. The van der Waals surface area contributed by atoms with Gasteiger partial charge in [-0.1, -0.05) is 22.0 Å². The summed E-state index contributed by atoms with van der Waals surface area (Å²) >= 11 is 3.44. The maximum atomic E-state index is 11.0. The average molecular weight is 330 g/mol. The van der Waals surface area contributed by atoms with E-state index >= 15 is 0 Å². The lowest BCUT2D eigenvalue weighted by atomic mass is 10.1. The van der Waals surface area contributed by atoms with Crippen molar-refractivity contribution in [2.24, 2.45) is 0 Å². The molecule has 4 nitrogen and oxygen atoms in total. The molecular weight excluding hydrogens is 310 g/mol. The number of carbonyl (C=O) groups excluding carboxylic acids is 1. The molecule has 1 aromatic carbocycles. The van der Waals surface area contributed by atoms with Gasteiger partial charge in [-0.05, 0) is 32.5 Å². The third-order valence-electron chi connectivity index (χ3n) is 2.89. The smallest absolute Gasteiger partial charge is 0.305 e. The molecular formula is C14H20BrNO3. The average Bonchev–Trinajstić information content (AvgIpc) is 2.42. The molecule has 19 heavy (non-hydrogen) atoms. The maximum absolute atomic E-state index is 11.0. The number of hydrogen-bond donors (Lipinski definition) is 1. The number of rotatable bonds is 7. The third kappa shape index (κ3) is 5.20. The van der Waals surface area contributed by atoms with E-state index in [0.29, 0.717) is 19.4 Å². The summed E-state index contributed by atoms with van der Waals surface area (Å²) in [6.45, 7) is 2.57. The zero-order chi connectivity index (χ0) is 14.3. The molecule has 1 unspecified atom stereocenters. The summed E-state index contributed by atoms with van der Waals surface area (Å²) in [4.78, 5) is 11.0. The highest BCUT2D eigenvalue weighted by molar-refractivity contribution is 9.10. The second kappa shape index (κ2) is 8.17. The zero-order valence-corrected chi connectivity index (χ0v) is 13.1. The Morgan fingerprint density at radius 3 is 2.84 bits per heavy atom. The zero-order valence-electron chi connectivity index (χ0n) is 11.5. The molecule has 0 fully saturated rings. The molecule has 0 saturated heterocycles. The van der Waals surface area contributed by atoms with Crippen molar-refractivity contribution in [3.8, 4) is 5.75 Å². The lowest BCUT2D eigenvalue weighted by Gasteiger charge is -2.16. The monoisotopic (exact) mass is 329 g/mol. The van der Waals surface area contributed by atoms with Crippen LogP contribution in [0.25, 0.3) is 0 Å². The summed E-state index contributed by atoms with van der Waals surface area (Å²) in [5.74, 6) is 0.628. The predicted molar refractivity (Wildman–Crippen MR) is 78.4 cm³/mol. The van der Waals surface area contributed by atoms with E-state index in [2.05, 4.69) is 32.9 Å². The van der Waals surface area contributed by atoms with Gasteiger partial charge in [0, 0.05) is 22.5 Å². The molecule has 1 atom stereocenters. The fraction of sp³-hybridized carbons (Fsp3) is 0.500. The van der Waals surface area contributed by atoms with E-state index in [-0.39, 0.29) is 12.0 Å². The fourth-order valence-electron chi connectivity index (χ4n) is 1.65. The Morgan fingerprint density at radius 1 is 1.47 bits per heavy atom. The van der Waals surface area contributed by atoms with E-state index in [0.717, 1.165) is 15.8 Å². The van der Waals surface area contributed by atoms with E-state index in [9.17, 15) is 4.79 Å². The van der Waals surface area contributed by atoms with Crippen LogP contribution >= 0.6 is 15.9 Å². The normalized spacial score (nSPS) is 12.0. The fourth-order valence-corrected chi connectivity index (χ4v) is 1.99. The van der Waals surface area contributed by atoms with Gasteiger partial charge < -0.3 is 14.8 Å². The van der Waals surface area contributed by atoms with E-state index in [1.807, 2.05) is 25.2 Å². The van der Waals surface area contributed by atoms with Gasteiger partial charge >= 0.3 is 5.97 Å². The van der Waals surface area contributed by atoms with Crippen molar-refractivity contribution in [3.05, 3.63) is 28.2 Å². The number of carbonyl (C=O) groups is 1. The molecule has 0 aliphatic carbocycles. The highest BCUT2D eigenvalue weighted by Crippen LogP contribution is 2.28. The van der Waals surface area contributed by atoms with E-state index in [4.69, 9.17) is 4.74 Å². The number of halogens is 1. The summed E-state index contributed by atoms with van der Waals surface area (Å²) in [6, 6.07) is 6.18. The van der Waals surface area contributed by atoms with Crippen LogP contribution in [0.15, 0.2) is 22.7 Å².